The van der Waals surface area contributed by atoms with E-state index in [1.165, 1.54) is 18.2 Å². The van der Waals surface area contributed by atoms with Gasteiger partial charge in [-0.3, -0.25) is 5.32 Å². The molecule has 0 spiro atoms. The zero-order chi connectivity index (χ0) is 11.4. The zero-order valence-corrected chi connectivity index (χ0v) is 8.58. The number of nitrogens with one attached hydrogen (secondary N) is 1. The third-order valence-electron chi connectivity index (χ3n) is 1.59. The van der Waals surface area contributed by atoms with Crippen LogP contribution in [0.15, 0.2) is 18.2 Å². The summed E-state index contributed by atoms with van der Waals surface area (Å²) in [5.41, 5.74) is 5.72. The summed E-state index contributed by atoms with van der Waals surface area (Å²) in [6, 6.07) is 3.92. The summed E-state index contributed by atoms with van der Waals surface area (Å²) in [6.07, 6.45) is -0.793. The second-order valence-corrected chi connectivity index (χ2v) is 3.32. The first-order valence-electron chi connectivity index (χ1n) is 4.51. The summed E-state index contributed by atoms with van der Waals surface area (Å²) in [5.74, 6) is -0.516. The van der Waals surface area contributed by atoms with Gasteiger partial charge in [0.1, 0.15) is 5.82 Å². The monoisotopic (exact) mass is 212 g/mol. The fourth-order valence-electron chi connectivity index (χ4n) is 0.983. The van der Waals surface area contributed by atoms with Gasteiger partial charge in [0.15, 0.2) is 0 Å². The number of nitrogen functional groups attached to an aromatic ring is 1. The van der Waals surface area contributed by atoms with Gasteiger partial charge in [0.05, 0.1) is 11.8 Å². The number of rotatable bonds is 2. The summed E-state index contributed by atoms with van der Waals surface area (Å²) in [7, 11) is 0. The van der Waals surface area contributed by atoms with Crippen molar-refractivity contribution in [3.8, 4) is 0 Å². The molecule has 1 aromatic carbocycles. The van der Waals surface area contributed by atoms with Crippen LogP contribution in [-0.4, -0.2) is 12.2 Å². The number of halogens is 1. The van der Waals surface area contributed by atoms with Crippen molar-refractivity contribution in [1.82, 2.24) is 0 Å². The third kappa shape index (κ3) is 3.46. The van der Waals surface area contributed by atoms with E-state index in [1.54, 1.807) is 13.8 Å². The first kappa shape index (κ1) is 11.3. The van der Waals surface area contributed by atoms with E-state index in [2.05, 4.69) is 5.32 Å². The van der Waals surface area contributed by atoms with Crippen LogP contribution in [0.5, 0.6) is 0 Å². The van der Waals surface area contributed by atoms with Crippen molar-refractivity contribution in [1.29, 1.82) is 0 Å². The summed E-state index contributed by atoms with van der Waals surface area (Å²) < 4.78 is 17.6. The van der Waals surface area contributed by atoms with Gasteiger partial charge in [-0.25, -0.2) is 9.18 Å². The molecule has 1 rings (SSSR count). The molecule has 0 aliphatic heterocycles. The first-order valence-corrected chi connectivity index (χ1v) is 4.51. The second kappa shape index (κ2) is 4.63. The standard InChI is InChI=1S/C10H13FN2O2/c1-6(2)15-10(14)13-7-3-4-8(11)9(12)5-7/h3-6H,12H2,1-2H3,(H,13,14). The topological polar surface area (TPSA) is 64.3 Å². The highest BCUT2D eigenvalue weighted by Crippen LogP contribution is 2.16. The molecule has 1 amide bonds. The van der Waals surface area contributed by atoms with Gasteiger partial charge >= 0.3 is 6.09 Å². The molecule has 1 aromatic rings. The number of nitrogens with two attached hydrogens (primary N) is 1. The highest BCUT2D eigenvalue weighted by atomic mass is 19.1. The number of ether oxygens (including phenoxy) is 1. The summed E-state index contributed by atoms with van der Waals surface area (Å²) in [4.78, 5) is 11.2. The predicted octanol–water partition coefficient (Wildman–Crippen LogP) is 2.36. The lowest BCUT2D eigenvalue weighted by Gasteiger charge is -2.09. The maximum atomic E-state index is 12.8. The number of amides is 1. The normalized spacial score (nSPS) is 10.1. The van der Waals surface area contributed by atoms with Gasteiger partial charge in [-0.1, -0.05) is 0 Å². The Labute approximate surface area is 87.2 Å². The fourth-order valence-corrected chi connectivity index (χ4v) is 0.983. The summed E-state index contributed by atoms with van der Waals surface area (Å²) in [6.45, 7) is 3.47. The van der Waals surface area contributed by atoms with Crippen molar-refractivity contribution in [2.45, 2.75) is 20.0 Å². The maximum absolute atomic E-state index is 12.8. The van der Waals surface area contributed by atoms with Gasteiger partial charge in [-0.15, -0.1) is 0 Å². The molecular weight excluding hydrogens is 199 g/mol. The number of carbonyl (C=O) groups excluding carboxylic acids is 1. The third-order valence-corrected chi connectivity index (χ3v) is 1.59. The number of hydrogen-bond acceptors (Lipinski definition) is 3. The van der Waals surface area contributed by atoms with E-state index >= 15 is 0 Å². The van der Waals surface area contributed by atoms with Crippen molar-refractivity contribution in [2.75, 3.05) is 11.1 Å². The smallest absolute Gasteiger partial charge is 0.411 e. The van der Waals surface area contributed by atoms with Crippen LogP contribution in [0.2, 0.25) is 0 Å². The second-order valence-electron chi connectivity index (χ2n) is 3.32. The minimum absolute atomic E-state index is 0.0163. The maximum Gasteiger partial charge on any atom is 0.411 e. The minimum Gasteiger partial charge on any atom is -0.447 e. The number of hydrogen-bond donors (Lipinski definition) is 2. The van der Waals surface area contributed by atoms with E-state index in [0.29, 0.717) is 5.69 Å². The molecular formula is C10H13FN2O2. The predicted molar refractivity (Wildman–Crippen MR) is 56.1 cm³/mol. The van der Waals surface area contributed by atoms with Crippen LogP contribution in [0.1, 0.15) is 13.8 Å². The Balaban J connectivity index is 2.65. The fraction of sp³-hybridized carbons (Fsp3) is 0.300. The largest absolute Gasteiger partial charge is 0.447 e. The number of anilines is 2. The molecule has 15 heavy (non-hydrogen) atoms. The van der Waals surface area contributed by atoms with Crippen molar-refractivity contribution in [3.63, 3.8) is 0 Å². The summed E-state index contributed by atoms with van der Waals surface area (Å²) >= 11 is 0. The Morgan fingerprint density at radius 1 is 1.53 bits per heavy atom. The molecule has 0 radical (unpaired) electrons. The van der Waals surface area contributed by atoms with Crippen LogP contribution >= 0.6 is 0 Å². The minimum atomic E-state index is -0.587. The molecule has 0 saturated carbocycles. The molecule has 0 unspecified atom stereocenters. The Morgan fingerprint density at radius 2 is 2.20 bits per heavy atom. The lowest BCUT2D eigenvalue weighted by molar-refractivity contribution is 0.130. The van der Waals surface area contributed by atoms with Crippen LogP contribution in [0.25, 0.3) is 0 Å². The molecule has 0 heterocycles. The highest BCUT2D eigenvalue weighted by Gasteiger charge is 2.06. The van der Waals surface area contributed by atoms with Gasteiger partial charge < -0.3 is 10.5 Å². The lowest BCUT2D eigenvalue weighted by Crippen LogP contribution is -2.18. The molecule has 0 aliphatic rings. The molecule has 0 aromatic heterocycles. The summed E-state index contributed by atoms with van der Waals surface area (Å²) in [5, 5.41) is 2.43. The van der Waals surface area contributed by atoms with Gasteiger partial charge in [-0.05, 0) is 32.0 Å². The van der Waals surface area contributed by atoms with Crippen LogP contribution in [0.3, 0.4) is 0 Å². The van der Waals surface area contributed by atoms with Crippen LogP contribution < -0.4 is 11.1 Å². The number of carbonyl (C=O) groups is 1. The van der Waals surface area contributed by atoms with Crippen LogP contribution in [-0.2, 0) is 4.74 Å². The Kier molecular flexibility index (Phi) is 3.49. The molecule has 0 fully saturated rings. The molecule has 3 N–H and O–H groups in total. The molecule has 0 saturated heterocycles. The van der Waals surface area contributed by atoms with E-state index < -0.39 is 11.9 Å². The first-order chi connectivity index (χ1) is 6.99. The van der Waals surface area contributed by atoms with Gasteiger partial charge in [0.25, 0.3) is 0 Å². The van der Waals surface area contributed by atoms with Crippen LogP contribution in [0, 0.1) is 5.82 Å². The SMILES string of the molecule is CC(C)OC(=O)Nc1ccc(F)c(N)c1. The van der Waals surface area contributed by atoms with Crippen molar-refractivity contribution >= 4 is 17.5 Å². The van der Waals surface area contributed by atoms with E-state index in [4.69, 9.17) is 10.5 Å². The molecule has 0 bridgehead atoms. The molecule has 4 nitrogen and oxygen atoms in total. The quantitative estimate of drug-likeness (QED) is 0.739. The Morgan fingerprint density at radius 3 is 2.73 bits per heavy atom. The zero-order valence-electron chi connectivity index (χ0n) is 8.58. The van der Waals surface area contributed by atoms with Crippen molar-refractivity contribution in [3.05, 3.63) is 24.0 Å². The van der Waals surface area contributed by atoms with Gasteiger partial charge in [0, 0.05) is 5.69 Å². The van der Waals surface area contributed by atoms with Gasteiger partial charge in [-0.2, -0.15) is 0 Å². The Bertz CT molecular complexity index is 366. The Hall–Kier alpha value is -1.78. The molecule has 0 aliphatic carbocycles. The highest BCUT2D eigenvalue weighted by molar-refractivity contribution is 5.85. The van der Waals surface area contributed by atoms with Gasteiger partial charge in [0.2, 0.25) is 0 Å². The van der Waals surface area contributed by atoms with E-state index in [-0.39, 0.29) is 11.8 Å². The van der Waals surface area contributed by atoms with Crippen molar-refractivity contribution < 1.29 is 13.9 Å². The lowest BCUT2D eigenvalue weighted by atomic mass is 10.3. The van der Waals surface area contributed by atoms with Crippen LogP contribution in [0.4, 0.5) is 20.6 Å². The molecule has 0 atom stereocenters. The average Bonchev–Trinajstić information content (AvgIpc) is 2.10. The average molecular weight is 212 g/mol. The van der Waals surface area contributed by atoms with E-state index in [1.807, 2.05) is 0 Å². The molecule has 82 valence electrons. The molecule has 5 heteroatoms. The van der Waals surface area contributed by atoms with E-state index in [0.717, 1.165) is 0 Å². The number of benzene rings is 1. The van der Waals surface area contributed by atoms with Crippen molar-refractivity contribution in [2.24, 2.45) is 0 Å². The van der Waals surface area contributed by atoms with E-state index in [9.17, 15) is 9.18 Å².